The summed E-state index contributed by atoms with van der Waals surface area (Å²) in [5.74, 6) is 0.800. The van der Waals surface area contributed by atoms with Gasteiger partial charge in [0.05, 0.1) is 5.69 Å². The van der Waals surface area contributed by atoms with Gasteiger partial charge < -0.3 is 11.5 Å². The normalized spacial score (nSPS) is 14.5. The van der Waals surface area contributed by atoms with Crippen LogP contribution in [0.4, 0.5) is 17.1 Å². The number of amidine groups is 1. The molecule has 3 aromatic rings. The van der Waals surface area contributed by atoms with Crippen molar-refractivity contribution in [3.8, 4) is 0 Å². The molecule has 5 N–H and O–H groups in total. The van der Waals surface area contributed by atoms with Gasteiger partial charge in [0.1, 0.15) is 6.67 Å². The summed E-state index contributed by atoms with van der Waals surface area (Å²) in [5.41, 5.74) is 19.7. The fourth-order valence-electron chi connectivity index (χ4n) is 2.96. The highest BCUT2D eigenvalue weighted by Crippen LogP contribution is 2.20. The van der Waals surface area contributed by atoms with Crippen LogP contribution in [0.25, 0.3) is 0 Å². The van der Waals surface area contributed by atoms with E-state index < -0.39 is 0 Å². The maximum atomic E-state index is 5.83. The average Bonchev–Trinajstić information content (AvgIpc) is 2.71. The minimum atomic E-state index is 0.602. The van der Waals surface area contributed by atoms with Gasteiger partial charge in [-0.25, -0.2) is 5.01 Å². The number of nitrogens with two attached hydrogens (primary N) is 2. The first-order chi connectivity index (χ1) is 13.2. The summed E-state index contributed by atoms with van der Waals surface area (Å²) in [4.78, 5) is 0. The van der Waals surface area contributed by atoms with E-state index in [9.17, 15) is 0 Å². The molecule has 0 fully saturated rings. The van der Waals surface area contributed by atoms with Crippen LogP contribution in [0, 0.1) is 0 Å². The number of anilines is 3. The van der Waals surface area contributed by atoms with Gasteiger partial charge in [-0.3, -0.25) is 5.43 Å². The number of benzene rings is 3. The van der Waals surface area contributed by atoms with E-state index in [0.29, 0.717) is 6.67 Å². The van der Waals surface area contributed by atoms with E-state index in [-0.39, 0.29) is 0 Å². The molecule has 4 rings (SSSR count). The van der Waals surface area contributed by atoms with Crippen LogP contribution in [0.15, 0.2) is 84.0 Å². The van der Waals surface area contributed by atoms with Crippen LogP contribution in [-0.2, 0) is 6.54 Å². The van der Waals surface area contributed by atoms with Crippen molar-refractivity contribution in [2.75, 3.05) is 23.1 Å². The highest BCUT2D eigenvalue weighted by Gasteiger charge is 2.21. The molecule has 0 bridgehead atoms. The van der Waals surface area contributed by atoms with E-state index in [1.54, 1.807) is 0 Å². The number of rotatable bonds is 4. The van der Waals surface area contributed by atoms with E-state index in [0.717, 1.165) is 35.0 Å². The fraction of sp³-hybridized carbons (Fsp3) is 0.0952. The van der Waals surface area contributed by atoms with Gasteiger partial charge in [-0.1, -0.05) is 42.5 Å². The largest absolute Gasteiger partial charge is 0.399 e. The predicted molar refractivity (Wildman–Crippen MR) is 111 cm³/mol. The van der Waals surface area contributed by atoms with Gasteiger partial charge in [0, 0.05) is 23.5 Å². The standard InChI is InChI=1S/C21H22N6/c22-18-8-6-16(7-9-18)14-26-15-27(20-12-10-19(23)11-13-20)25-21(24-26)17-4-2-1-3-5-17/h1-13H,14-15,22-23H2,(H,24,25). The smallest absolute Gasteiger partial charge is 0.168 e. The third-order valence-electron chi connectivity index (χ3n) is 4.38. The number of hydrazine groups is 1. The molecular formula is C21H22N6. The van der Waals surface area contributed by atoms with Crippen molar-refractivity contribution in [2.24, 2.45) is 5.10 Å². The molecular weight excluding hydrogens is 336 g/mol. The minimum Gasteiger partial charge on any atom is -0.399 e. The molecule has 0 saturated carbocycles. The van der Waals surface area contributed by atoms with Crippen molar-refractivity contribution in [1.82, 2.24) is 10.4 Å². The number of nitrogens with zero attached hydrogens (tertiary/aromatic N) is 3. The minimum absolute atomic E-state index is 0.602. The zero-order chi connectivity index (χ0) is 18.6. The maximum absolute atomic E-state index is 5.83. The van der Waals surface area contributed by atoms with Crippen LogP contribution in [0.2, 0.25) is 0 Å². The van der Waals surface area contributed by atoms with E-state index in [1.165, 1.54) is 5.56 Å². The van der Waals surface area contributed by atoms with Crippen LogP contribution >= 0.6 is 0 Å². The van der Waals surface area contributed by atoms with Gasteiger partial charge in [-0.2, -0.15) is 10.1 Å². The van der Waals surface area contributed by atoms with Gasteiger partial charge in [-0.05, 0) is 42.0 Å². The zero-order valence-electron chi connectivity index (χ0n) is 14.9. The average molecular weight is 358 g/mol. The Bertz CT molecular complexity index is 919. The van der Waals surface area contributed by atoms with Crippen LogP contribution in [0.3, 0.4) is 0 Å². The van der Waals surface area contributed by atoms with E-state index >= 15 is 0 Å². The summed E-state index contributed by atoms with van der Waals surface area (Å²) in [7, 11) is 0. The van der Waals surface area contributed by atoms with Crippen molar-refractivity contribution in [3.05, 3.63) is 90.0 Å². The van der Waals surface area contributed by atoms with Crippen LogP contribution in [0.5, 0.6) is 0 Å². The summed E-state index contributed by atoms with van der Waals surface area (Å²) in [5, 5.41) is 8.88. The molecule has 1 aliphatic heterocycles. The Morgan fingerprint density at radius 2 is 1.44 bits per heavy atom. The molecule has 0 radical (unpaired) electrons. The monoisotopic (exact) mass is 358 g/mol. The Morgan fingerprint density at radius 3 is 2.11 bits per heavy atom. The van der Waals surface area contributed by atoms with Crippen molar-refractivity contribution in [3.63, 3.8) is 0 Å². The Labute approximate surface area is 158 Å². The Morgan fingerprint density at radius 1 is 0.815 bits per heavy atom. The Kier molecular flexibility index (Phi) is 4.63. The van der Waals surface area contributed by atoms with Gasteiger partial charge in [0.15, 0.2) is 5.84 Å². The zero-order valence-corrected chi connectivity index (χ0v) is 14.9. The van der Waals surface area contributed by atoms with E-state index in [1.807, 2.05) is 83.9 Å². The number of nitrogens with one attached hydrogen (secondary N) is 1. The molecule has 0 aromatic heterocycles. The third kappa shape index (κ3) is 4.02. The molecule has 6 heteroatoms. The second-order valence-corrected chi connectivity index (χ2v) is 6.50. The second-order valence-electron chi connectivity index (χ2n) is 6.50. The van der Waals surface area contributed by atoms with Gasteiger partial charge in [0.25, 0.3) is 0 Å². The van der Waals surface area contributed by atoms with Gasteiger partial charge in [-0.15, -0.1) is 0 Å². The van der Waals surface area contributed by atoms with Crippen molar-refractivity contribution < 1.29 is 0 Å². The molecule has 1 aliphatic rings. The summed E-state index contributed by atoms with van der Waals surface area (Å²) in [6.45, 7) is 1.32. The van der Waals surface area contributed by atoms with Crippen LogP contribution in [0.1, 0.15) is 11.1 Å². The summed E-state index contributed by atoms with van der Waals surface area (Å²) in [6.07, 6.45) is 0. The van der Waals surface area contributed by atoms with E-state index in [2.05, 4.69) is 10.4 Å². The number of hydrogen-bond acceptors (Lipinski definition) is 6. The first-order valence-corrected chi connectivity index (χ1v) is 8.80. The van der Waals surface area contributed by atoms with Crippen molar-refractivity contribution in [2.45, 2.75) is 6.54 Å². The SMILES string of the molecule is Nc1ccc(CN2CN(c3ccc(N)cc3)N=C(c3ccccc3)N2)cc1. The number of nitrogen functional groups attached to an aromatic ring is 2. The van der Waals surface area contributed by atoms with Gasteiger partial charge in [0.2, 0.25) is 0 Å². The third-order valence-corrected chi connectivity index (χ3v) is 4.38. The maximum Gasteiger partial charge on any atom is 0.168 e. The lowest BCUT2D eigenvalue weighted by molar-refractivity contribution is 0.213. The molecule has 136 valence electrons. The molecule has 27 heavy (non-hydrogen) atoms. The van der Waals surface area contributed by atoms with Crippen LogP contribution in [-0.4, -0.2) is 17.5 Å². The molecule has 0 spiro atoms. The lowest BCUT2D eigenvalue weighted by Crippen LogP contribution is -2.52. The van der Waals surface area contributed by atoms with E-state index in [4.69, 9.17) is 16.6 Å². The number of hydrogen-bond donors (Lipinski definition) is 3. The molecule has 0 unspecified atom stereocenters. The van der Waals surface area contributed by atoms with Gasteiger partial charge >= 0.3 is 0 Å². The topological polar surface area (TPSA) is 82.9 Å². The summed E-state index contributed by atoms with van der Waals surface area (Å²) in [6, 6.07) is 25.7. The molecule has 1 heterocycles. The first kappa shape index (κ1) is 16.9. The lowest BCUT2D eigenvalue weighted by atomic mass is 10.2. The molecule has 0 aliphatic carbocycles. The molecule has 6 nitrogen and oxygen atoms in total. The quantitative estimate of drug-likeness (QED) is 0.625. The summed E-state index contributed by atoms with van der Waals surface area (Å²) >= 11 is 0. The molecule has 0 atom stereocenters. The Balaban J connectivity index is 1.63. The molecule has 0 saturated heterocycles. The highest BCUT2D eigenvalue weighted by atomic mass is 15.7. The Hall–Kier alpha value is -3.51. The highest BCUT2D eigenvalue weighted by molar-refractivity contribution is 5.99. The predicted octanol–water partition coefficient (Wildman–Crippen LogP) is 3.00. The number of hydrazone groups is 1. The van der Waals surface area contributed by atoms with Crippen molar-refractivity contribution in [1.29, 1.82) is 0 Å². The van der Waals surface area contributed by atoms with Crippen LogP contribution < -0.4 is 21.9 Å². The summed E-state index contributed by atoms with van der Waals surface area (Å²) < 4.78 is 0. The second kappa shape index (κ2) is 7.39. The fourth-order valence-corrected chi connectivity index (χ4v) is 2.96. The molecule has 3 aromatic carbocycles. The van der Waals surface area contributed by atoms with Crippen molar-refractivity contribution >= 4 is 22.9 Å². The molecule has 0 amide bonds. The lowest BCUT2D eigenvalue weighted by Gasteiger charge is -2.35. The first-order valence-electron chi connectivity index (χ1n) is 8.80.